The van der Waals surface area contributed by atoms with E-state index in [1.54, 1.807) is 12.1 Å². The molecule has 4 heteroatoms. The summed E-state index contributed by atoms with van der Waals surface area (Å²) in [5.41, 5.74) is 3.03. The monoisotopic (exact) mass is 289 g/mol. The number of nitrogens with one attached hydrogen (secondary N) is 1. The summed E-state index contributed by atoms with van der Waals surface area (Å²) in [7, 11) is 1.46. The van der Waals surface area contributed by atoms with Crippen LogP contribution in [-0.2, 0) is 6.42 Å². The van der Waals surface area contributed by atoms with E-state index >= 15 is 0 Å². The molecule has 0 saturated heterocycles. The van der Waals surface area contributed by atoms with Gasteiger partial charge in [-0.1, -0.05) is 18.2 Å². The van der Waals surface area contributed by atoms with E-state index in [4.69, 9.17) is 9.84 Å². The van der Waals surface area contributed by atoms with Gasteiger partial charge in [0.25, 0.3) is 0 Å². The van der Waals surface area contributed by atoms with Crippen molar-refractivity contribution < 1.29 is 14.2 Å². The summed E-state index contributed by atoms with van der Waals surface area (Å²) in [6.45, 7) is 2.16. The maximum Gasteiger partial charge on any atom is 0.165 e. The average Bonchev–Trinajstić information content (AvgIpc) is 2.50. The second kappa shape index (κ2) is 7.09. The highest BCUT2D eigenvalue weighted by atomic mass is 19.1. The van der Waals surface area contributed by atoms with Gasteiger partial charge in [-0.05, 0) is 48.7 Å². The number of anilines is 1. The zero-order valence-corrected chi connectivity index (χ0v) is 12.3. The van der Waals surface area contributed by atoms with Gasteiger partial charge in [0.05, 0.1) is 7.11 Å². The molecule has 2 N–H and O–H groups in total. The Morgan fingerprint density at radius 3 is 2.52 bits per heavy atom. The molecule has 3 nitrogen and oxygen atoms in total. The summed E-state index contributed by atoms with van der Waals surface area (Å²) in [6.07, 6.45) is 0.658. The first-order chi connectivity index (χ1) is 10.1. The third kappa shape index (κ3) is 3.95. The van der Waals surface area contributed by atoms with Crippen LogP contribution in [0.4, 0.5) is 10.1 Å². The minimum absolute atomic E-state index is 0.0307. The normalized spacial score (nSPS) is 12.0. The SMILES string of the molecule is COc1cc(C(C)Nc2ccc(CCO)cc2)ccc1F. The molecule has 0 amide bonds. The molecule has 0 aliphatic carbocycles. The lowest BCUT2D eigenvalue weighted by molar-refractivity contribution is 0.299. The highest BCUT2D eigenvalue weighted by Crippen LogP contribution is 2.25. The third-order valence-electron chi connectivity index (χ3n) is 3.41. The van der Waals surface area contributed by atoms with Crippen LogP contribution in [0.25, 0.3) is 0 Å². The van der Waals surface area contributed by atoms with E-state index in [1.807, 2.05) is 31.2 Å². The molecule has 21 heavy (non-hydrogen) atoms. The molecule has 2 rings (SSSR count). The van der Waals surface area contributed by atoms with Crippen LogP contribution in [0.3, 0.4) is 0 Å². The molecule has 0 spiro atoms. The quantitative estimate of drug-likeness (QED) is 0.854. The van der Waals surface area contributed by atoms with Gasteiger partial charge in [-0.3, -0.25) is 0 Å². The van der Waals surface area contributed by atoms with E-state index in [0.717, 1.165) is 16.8 Å². The zero-order chi connectivity index (χ0) is 15.2. The number of ether oxygens (including phenoxy) is 1. The first-order valence-corrected chi connectivity index (χ1v) is 6.94. The van der Waals surface area contributed by atoms with E-state index in [9.17, 15) is 4.39 Å². The molecule has 112 valence electrons. The number of halogens is 1. The smallest absolute Gasteiger partial charge is 0.165 e. The van der Waals surface area contributed by atoms with E-state index < -0.39 is 0 Å². The molecule has 0 aliphatic rings. The van der Waals surface area contributed by atoms with Gasteiger partial charge in [-0.2, -0.15) is 0 Å². The van der Waals surface area contributed by atoms with Gasteiger partial charge in [0.2, 0.25) is 0 Å². The predicted octanol–water partition coefficient (Wildman–Crippen LogP) is 3.54. The zero-order valence-electron chi connectivity index (χ0n) is 12.3. The number of benzene rings is 2. The minimum atomic E-state index is -0.359. The topological polar surface area (TPSA) is 41.5 Å². The molecule has 0 bridgehead atoms. The molecule has 0 aromatic heterocycles. The Hall–Kier alpha value is -2.07. The number of aliphatic hydroxyl groups is 1. The van der Waals surface area contributed by atoms with E-state index in [-0.39, 0.29) is 24.2 Å². The van der Waals surface area contributed by atoms with Crippen LogP contribution < -0.4 is 10.1 Å². The van der Waals surface area contributed by atoms with Crippen molar-refractivity contribution in [1.29, 1.82) is 0 Å². The number of hydrogen-bond donors (Lipinski definition) is 2. The lowest BCUT2D eigenvalue weighted by atomic mass is 10.1. The van der Waals surface area contributed by atoms with Crippen molar-refractivity contribution in [2.45, 2.75) is 19.4 Å². The van der Waals surface area contributed by atoms with Crippen molar-refractivity contribution >= 4 is 5.69 Å². The molecule has 1 unspecified atom stereocenters. The molecule has 0 heterocycles. The van der Waals surface area contributed by atoms with Gasteiger partial charge in [-0.15, -0.1) is 0 Å². The number of hydrogen-bond acceptors (Lipinski definition) is 3. The maximum atomic E-state index is 13.4. The van der Waals surface area contributed by atoms with Crippen LogP contribution in [-0.4, -0.2) is 18.8 Å². The molecule has 0 radical (unpaired) electrons. The molecular formula is C17H20FNO2. The van der Waals surface area contributed by atoms with E-state index in [1.165, 1.54) is 13.2 Å². The fourth-order valence-corrected chi connectivity index (χ4v) is 2.18. The van der Waals surface area contributed by atoms with Crippen molar-refractivity contribution in [2.24, 2.45) is 0 Å². The summed E-state index contributed by atoms with van der Waals surface area (Å²) in [4.78, 5) is 0. The summed E-state index contributed by atoms with van der Waals surface area (Å²) in [5, 5.41) is 12.3. The average molecular weight is 289 g/mol. The van der Waals surface area contributed by atoms with Crippen LogP contribution in [0, 0.1) is 5.82 Å². The van der Waals surface area contributed by atoms with Crippen LogP contribution in [0.15, 0.2) is 42.5 Å². The Morgan fingerprint density at radius 2 is 1.90 bits per heavy atom. The highest BCUT2D eigenvalue weighted by Gasteiger charge is 2.09. The molecule has 0 fully saturated rings. The van der Waals surface area contributed by atoms with Crippen LogP contribution in [0.5, 0.6) is 5.75 Å². The van der Waals surface area contributed by atoms with Gasteiger partial charge in [0.15, 0.2) is 11.6 Å². The Bertz CT molecular complexity index is 584. The Labute approximate surface area is 124 Å². The maximum absolute atomic E-state index is 13.4. The van der Waals surface area contributed by atoms with Crippen molar-refractivity contribution in [3.8, 4) is 5.75 Å². The van der Waals surface area contributed by atoms with Gasteiger partial charge >= 0.3 is 0 Å². The van der Waals surface area contributed by atoms with Crippen LogP contribution in [0.2, 0.25) is 0 Å². The van der Waals surface area contributed by atoms with Crippen molar-refractivity contribution in [3.05, 3.63) is 59.4 Å². The molecule has 1 atom stereocenters. The van der Waals surface area contributed by atoms with E-state index in [2.05, 4.69) is 5.32 Å². The van der Waals surface area contributed by atoms with E-state index in [0.29, 0.717) is 6.42 Å². The van der Waals surface area contributed by atoms with Gasteiger partial charge in [0.1, 0.15) is 0 Å². The van der Waals surface area contributed by atoms with Crippen LogP contribution in [0.1, 0.15) is 24.1 Å². The predicted molar refractivity (Wildman–Crippen MR) is 82.2 cm³/mol. The second-order valence-corrected chi connectivity index (χ2v) is 4.93. The summed E-state index contributed by atoms with van der Waals surface area (Å²) in [6, 6.07) is 12.8. The number of methoxy groups -OCH3 is 1. The number of rotatable bonds is 6. The lowest BCUT2D eigenvalue weighted by Gasteiger charge is -2.17. The van der Waals surface area contributed by atoms with Gasteiger partial charge in [-0.25, -0.2) is 4.39 Å². The molecule has 0 saturated carbocycles. The Kier molecular flexibility index (Phi) is 5.17. The van der Waals surface area contributed by atoms with Crippen LogP contribution >= 0.6 is 0 Å². The van der Waals surface area contributed by atoms with Gasteiger partial charge < -0.3 is 15.2 Å². The second-order valence-electron chi connectivity index (χ2n) is 4.93. The summed E-state index contributed by atoms with van der Waals surface area (Å²) >= 11 is 0. The molecule has 0 aliphatic heterocycles. The van der Waals surface area contributed by atoms with Crippen molar-refractivity contribution in [1.82, 2.24) is 0 Å². The van der Waals surface area contributed by atoms with Crippen molar-refractivity contribution in [3.63, 3.8) is 0 Å². The summed E-state index contributed by atoms with van der Waals surface area (Å²) < 4.78 is 18.4. The standard InChI is InChI=1S/C17H20FNO2/c1-12(14-5-8-16(18)17(11-14)21-2)19-15-6-3-13(4-7-15)9-10-20/h3-8,11-12,19-20H,9-10H2,1-2H3. The fraction of sp³-hybridized carbons (Fsp3) is 0.294. The molecular weight excluding hydrogens is 269 g/mol. The Morgan fingerprint density at radius 1 is 1.19 bits per heavy atom. The first kappa shape index (κ1) is 15.3. The molecule has 2 aromatic carbocycles. The third-order valence-corrected chi connectivity index (χ3v) is 3.41. The lowest BCUT2D eigenvalue weighted by Crippen LogP contribution is -2.07. The Balaban J connectivity index is 2.08. The first-order valence-electron chi connectivity index (χ1n) is 6.94. The summed E-state index contributed by atoms with van der Waals surface area (Å²) in [5.74, 6) is -0.110. The van der Waals surface area contributed by atoms with Crippen molar-refractivity contribution in [2.75, 3.05) is 19.0 Å². The largest absolute Gasteiger partial charge is 0.494 e. The minimum Gasteiger partial charge on any atom is -0.494 e. The fourth-order valence-electron chi connectivity index (χ4n) is 2.18. The highest BCUT2D eigenvalue weighted by molar-refractivity contribution is 5.47. The van der Waals surface area contributed by atoms with Gasteiger partial charge in [0, 0.05) is 18.3 Å². The number of aliphatic hydroxyl groups excluding tert-OH is 1. The molecule has 2 aromatic rings.